The van der Waals surface area contributed by atoms with Crippen LogP contribution in [0.4, 0.5) is 0 Å². The molecule has 34 heavy (non-hydrogen) atoms. The first kappa shape index (κ1) is 24.1. The predicted octanol–water partition coefficient (Wildman–Crippen LogP) is 2.04. The molecule has 9 nitrogen and oxygen atoms in total. The van der Waals surface area contributed by atoms with Crippen LogP contribution in [0.3, 0.4) is 0 Å². The lowest BCUT2D eigenvalue weighted by Gasteiger charge is -2.60. The number of sulfonamides is 1. The van der Waals surface area contributed by atoms with Crippen molar-refractivity contribution in [1.82, 2.24) is 19.8 Å². The predicted molar refractivity (Wildman–Crippen MR) is 128 cm³/mol. The number of carbonyl (C=O) groups excluding carboxylic acids is 1. The molecule has 3 aromatic rings. The van der Waals surface area contributed by atoms with Crippen LogP contribution in [-0.4, -0.2) is 47.0 Å². The summed E-state index contributed by atoms with van der Waals surface area (Å²) >= 11 is 0. The average molecular weight is 483 g/mol. The van der Waals surface area contributed by atoms with Gasteiger partial charge in [0.25, 0.3) is 0 Å². The van der Waals surface area contributed by atoms with Crippen LogP contribution in [0.5, 0.6) is 0 Å². The summed E-state index contributed by atoms with van der Waals surface area (Å²) in [6.07, 6.45) is 3.59. The molecule has 2 atom stereocenters. The Bertz CT molecular complexity index is 1230. The van der Waals surface area contributed by atoms with Gasteiger partial charge in [-0.3, -0.25) is 4.79 Å². The minimum Gasteiger partial charge on any atom is -0.784 e. The lowest BCUT2D eigenvalue weighted by atomic mass is 9.65. The van der Waals surface area contributed by atoms with Gasteiger partial charge in [0.15, 0.2) is 0 Å². The van der Waals surface area contributed by atoms with E-state index in [1.165, 1.54) is 24.7 Å². The van der Waals surface area contributed by atoms with Gasteiger partial charge in [0.1, 0.15) is 5.54 Å². The van der Waals surface area contributed by atoms with Crippen molar-refractivity contribution in [2.75, 3.05) is 6.54 Å². The minimum absolute atomic E-state index is 0.0495. The highest BCUT2D eigenvalue weighted by Gasteiger charge is 2.59. The van der Waals surface area contributed by atoms with E-state index in [0.717, 1.165) is 11.1 Å². The fraction of sp³-hybridized carbons (Fsp3) is 0.333. The molecule has 1 unspecified atom stereocenters. The molecule has 0 saturated carbocycles. The molecule has 0 bridgehead atoms. The molecular formula is C24H28N5O4S-. The van der Waals surface area contributed by atoms with Crippen LogP contribution in [0.15, 0.2) is 72.0 Å². The molecule has 1 aromatic heterocycles. The fourth-order valence-electron chi connectivity index (χ4n) is 4.91. The van der Waals surface area contributed by atoms with E-state index in [1.54, 1.807) is 12.1 Å². The molecule has 0 spiro atoms. The van der Waals surface area contributed by atoms with Gasteiger partial charge in [-0.05, 0) is 50.4 Å². The number of hydroxylamine groups is 2. The van der Waals surface area contributed by atoms with Gasteiger partial charge in [0.2, 0.25) is 15.9 Å². The first-order valence-corrected chi connectivity index (χ1v) is 12.5. The van der Waals surface area contributed by atoms with Crippen molar-refractivity contribution in [3.05, 3.63) is 89.1 Å². The summed E-state index contributed by atoms with van der Waals surface area (Å²) in [7, 11) is -4.11. The van der Waals surface area contributed by atoms with Crippen molar-refractivity contribution in [3.8, 4) is 0 Å². The van der Waals surface area contributed by atoms with Gasteiger partial charge in [-0.1, -0.05) is 48.0 Å². The van der Waals surface area contributed by atoms with Gasteiger partial charge in [-0.2, -0.15) is 0 Å². The molecular weight excluding hydrogens is 454 g/mol. The first-order chi connectivity index (χ1) is 16.2. The second-order valence-corrected chi connectivity index (χ2v) is 10.5. The molecule has 1 aliphatic rings. The van der Waals surface area contributed by atoms with Crippen molar-refractivity contribution < 1.29 is 13.2 Å². The molecule has 2 heterocycles. The van der Waals surface area contributed by atoms with Gasteiger partial charge < -0.3 is 21.0 Å². The number of benzene rings is 2. The number of hydrogen-bond acceptors (Lipinski definition) is 6. The van der Waals surface area contributed by atoms with Gasteiger partial charge in [0, 0.05) is 18.3 Å². The number of carbonyl (C=O) groups is 1. The van der Waals surface area contributed by atoms with Crippen molar-refractivity contribution in [1.29, 1.82) is 0 Å². The van der Waals surface area contributed by atoms with E-state index in [0.29, 0.717) is 17.2 Å². The Hall–Kier alpha value is -3.05. The number of H-pyrrole nitrogens is 1. The molecule has 1 saturated heterocycles. The topological polar surface area (TPSA) is 144 Å². The van der Waals surface area contributed by atoms with Crippen LogP contribution >= 0.6 is 0 Å². The lowest BCUT2D eigenvalue weighted by Crippen LogP contribution is -2.78. The number of rotatable bonds is 8. The number of imidazole rings is 1. The summed E-state index contributed by atoms with van der Waals surface area (Å²) in [5, 5.41) is 14.2. The number of hydrogen-bond donors (Lipinski definition) is 3. The molecule has 180 valence electrons. The molecule has 4 rings (SSSR count). The standard InChI is InChI=1S/C24H28N5O4S/c1-18-8-10-21(11-9-18)34(32,33)28-23(14-19-6-3-2-4-7-19)12-5-13-29(31)24(23,22(25)30)15-20-16-26-17-27-20/h2-4,6-11,16-17,28H,5,12-15H2,1H3,(H2,25,30)(H,26,27)/q-1/t23?,24-/m1/s1. The van der Waals surface area contributed by atoms with Crippen LogP contribution in [0, 0.1) is 12.1 Å². The number of primary amides is 1. The molecule has 4 N–H and O–H groups in total. The molecule has 1 fully saturated rings. The Morgan fingerprint density at radius 1 is 1.18 bits per heavy atom. The second kappa shape index (κ2) is 9.30. The highest BCUT2D eigenvalue weighted by Crippen LogP contribution is 2.42. The number of piperidine rings is 1. The SMILES string of the molecule is Cc1ccc(S(=O)(=O)NC2(Cc3ccccc3)CCCN([O-])[C@]2(Cc2cnc[nH]2)C(N)=O)cc1. The molecule has 2 aromatic carbocycles. The number of aromatic nitrogens is 2. The average Bonchev–Trinajstić information content (AvgIpc) is 3.30. The highest BCUT2D eigenvalue weighted by atomic mass is 32.2. The fourth-order valence-corrected chi connectivity index (χ4v) is 6.37. The maximum atomic E-state index is 13.6. The number of amides is 1. The van der Waals surface area contributed by atoms with Crippen molar-refractivity contribution in [2.24, 2.45) is 5.73 Å². The van der Waals surface area contributed by atoms with Crippen LogP contribution in [0.2, 0.25) is 0 Å². The molecule has 0 radical (unpaired) electrons. The maximum Gasteiger partial charge on any atom is 0.241 e. The first-order valence-electron chi connectivity index (χ1n) is 11.1. The Labute approximate surface area is 199 Å². The Morgan fingerprint density at radius 3 is 2.50 bits per heavy atom. The van der Waals surface area contributed by atoms with Crippen LogP contribution < -0.4 is 10.5 Å². The van der Waals surface area contributed by atoms with E-state index in [9.17, 15) is 18.4 Å². The normalized spacial score (nSPS) is 23.6. The number of nitrogens with two attached hydrogens (primary N) is 1. The molecule has 1 amide bonds. The third kappa shape index (κ3) is 4.37. The van der Waals surface area contributed by atoms with E-state index in [-0.39, 0.29) is 30.7 Å². The molecule has 0 aliphatic carbocycles. The van der Waals surface area contributed by atoms with E-state index < -0.39 is 27.0 Å². The van der Waals surface area contributed by atoms with Gasteiger partial charge >= 0.3 is 0 Å². The Kier molecular flexibility index (Phi) is 6.59. The van der Waals surface area contributed by atoms with Gasteiger partial charge in [0.05, 0.1) is 16.8 Å². The summed E-state index contributed by atoms with van der Waals surface area (Å²) in [5.74, 6) is -0.890. The zero-order valence-electron chi connectivity index (χ0n) is 18.9. The molecule has 1 aliphatic heterocycles. The third-order valence-electron chi connectivity index (χ3n) is 6.60. The van der Waals surface area contributed by atoms with E-state index in [2.05, 4.69) is 14.7 Å². The minimum atomic E-state index is -4.11. The summed E-state index contributed by atoms with van der Waals surface area (Å²) in [6.45, 7) is 1.92. The van der Waals surface area contributed by atoms with Crippen molar-refractivity contribution in [2.45, 2.75) is 48.6 Å². The number of aromatic amines is 1. The summed E-state index contributed by atoms with van der Waals surface area (Å²) in [6, 6.07) is 15.6. The van der Waals surface area contributed by atoms with E-state index in [1.807, 2.05) is 37.3 Å². The largest absolute Gasteiger partial charge is 0.784 e. The smallest absolute Gasteiger partial charge is 0.241 e. The number of nitrogens with zero attached hydrogens (tertiary/aromatic N) is 2. The van der Waals surface area contributed by atoms with Crippen LogP contribution in [-0.2, 0) is 27.7 Å². The monoisotopic (exact) mass is 482 g/mol. The number of nitrogens with one attached hydrogen (secondary N) is 2. The Balaban J connectivity index is 1.90. The third-order valence-corrected chi connectivity index (χ3v) is 8.15. The highest BCUT2D eigenvalue weighted by molar-refractivity contribution is 7.89. The van der Waals surface area contributed by atoms with Gasteiger partial charge in [-0.25, -0.2) is 18.1 Å². The maximum absolute atomic E-state index is 13.6. The van der Waals surface area contributed by atoms with Crippen LogP contribution in [0.1, 0.15) is 29.7 Å². The lowest BCUT2D eigenvalue weighted by molar-refractivity contribution is -0.137. The quantitative estimate of drug-likeness (QED) is 0.448. The van der Waals surface area contributed by atoms with Gasteiger partial charge in [-0.15, -0.1) is 0 Å². The van der Waals surface area contributed by atoms with E-state index >= 15 is 0 Å². The Morgan fingerprint density at radius 2 is 1.88 bits per heavy atom. The van der Waals surface area contributed by atoms with E-state index in [4.69, 9.17) is 5.73 Å². The summed E-state index contributed by atoms with van der Waals surface area (Å²) in [4.78, 5) is 20.2. The summed E-state index contributed by atoms with van der Waals surface area (Å²) in [5.41, 5.74) is 4.77. The molecule has 10 heteroatoms. The number of aryl methyl sites for hydroxylation is 1. The second-order valence-electron chi connectivity index (χ2n) is 8.85. The zero-order chi connectivity index (χ0) is 24.4. The van der Waals surface area contributed by atoms with Crippen molar-refractivity contribution >= 4 is 15.9 Å². The summed E-state index contributed by atoms with van der Waals surface area (Å²) < 4.78 is 30.0. The van der Waals surface area contributed by atoms with Crippen LogP contribution in [0.25, 0.3) is 0 Å². The zero-order valence-corrected chi connectivity index (χ0v) is 19.7. The van der Waals surface area contributed by atoms with Crippen molar-refractivity contribution in [3.63, 3.8) is 0 Å².